The Morgan fingerprint density at radius 1 is 1.53 bits per heavy atom. The average molecular weight is 320 g/mol. The molecular formula is C13H16BrClO2. The molecule has 3 atom stereocenters. The molecule has 94 valence electrons. The number of methoxy groups -OCH3 is 1. The Labute approximate surface area is 115 Å². The van der Waals surface area contributed by atoms with Crippen LogP contribution in [-0.4, -0.2) is 19.8 Å². The Kier molecular flexibility index (Phi) is 4.34. The summed E-state index contributed by atoms with van der Waals surface area (Å²) < 4.78 is 11.1. The molecule has 0 aliphatic carbocycles. The van der Waals surface area contributed by atoms with Gasteiger partial charge in [0.05, 0.1) is 18.0 Å². The number of rotatable bonds is 3. The lowest BCUT2D eigenvalue weighted by Gasteiger charge is -2.23. The fourth-order valence-electron chi connectivity index (χ4n) is 2.19. The number of halogens is 2. The van der Waals surface area contributed by atoms with Crippen LogP contribution in [-0.2, 0) is 4.74 Å². The number of benzene rings is 1. The third-order valence-corrected chi connectivity index (χ3v) is 4.47. The van der Waals surface area contributed by atoms with Gasteiger partial charge in [0.15, 0.2) is 0 Å². The van der Waals surface area contributed by atoms with Crippen LogP contribution in [0.25, 0.3) is 0 Å². The molecular weight excluding hydrogens is 303 g/mol. The van der Waals surface area contributed by atoms with Gasteiger partial charge in [-0.3, -0.25) is 0 Å². The van der Waals surface area contributed by atoms with Crippen LogP contribution >= 0.6 is 27.5 Å². The normalized spacial score (nSPS) is 25.9. The van der Waals surface area contributed by atoms with E-state index in [2.05, 4.69) is 22.9 Å². The van der Waals surface area contributed by atoms with Crippen LogP contribution in [0.2, 0.25) is 5.02 Å². The third-order valence-electron chi connectivity index (χ3n) is 3.22. The van der Waals surface area contributed by atoms with Gasteiger partial charge in [-0.1, -0.05) is 34.5 Å². The summed E-state index contributed by atoms with van der Waals surface area (Å²) in [5.41, 5.74) is 1.05. The molecule has 3 unspecified atom stereocenters. The second-order valence-corrected chi connectivity index (χ2v) is 5.81. The lowest BCUT2D eigenvalue weighted by molar-refractivity contribution is 0.0929. The zero-order chi connectivity index (χ0) is 12.4. The van der Waals surface area contributed by atoms with Crippen LogP contribution in [0.4, 0.5) is 0 Å². The molecule has 4 heteroatoms. The predicted octanol–water partition coefficient (Wildman–Crippen LogP) is 4.21. The Balaban J connectivity index is 2.28. The van der Waals surface area contributed by atoms with Crippen molar-refractivity contribution >= 4 is 27.5 Å². The highest BCUT2D eigenvalue weighted by atomic mass is 79.9. The van der Waals surface area contributed by atoms with E-state index in [-0.39, 0.29) is 10.9 Å². The zero-order valence-electron chi connectivity index (χ0n) is 9.95. The van der Waals surface area contributed by atoms with Crippen molar-refractivity contribution in [1.82, 2.24) is 0 Å². The van der Waals surface area contributed by atoms with Crippen LogP contribution in [0.1, 0.15) is 23.7 Å². The second-order valence-electron chi connectivity index (χ2n) is 4.39. The minimum atomic E-state index is 0.119. The van der Waals surface area contributed by atoms with Crippen molar-refractivity contribution in [2.24, 2.45) is 5.92 Å². The molecule has 2 rings (SSSR count). The summed E-state index contributed by atoms with van der Waals surface area (Å²) in [5.74, 6) is 1.39. The van der Waals surface area contributed by atoms with Gasteiger partial charge < -0.3 is 9.47 Å². The van der Waals surface area contributed by atoms with E-state index in [1.807, 2.05) is 18.2 Å². The Morgan fingerprint density at radius 2 is 2.29 bits per heavy atom. The van der Waals surface area contributed by atoms with Gasteiger partial charge in [0, 0.05) is 17.2 Å². The molecule has 0 bridgehead atoms. The Bertz CT molecular complexity index is 397. The summed E-state index contributed by atoms with van der Waals surface area (Å²) in [4.78, 5) is 0.119. The molecule has 1 aromatic rings. The molecule has 0 N–H and O–H groups in total. The fourth-order valence-corrected chi connectivity index (χ4v) is 3.40. The average Bonchev–Trinajstić information content (AvgIpc) is 2.74. The van der Waals surface area contributed by atoms with E-state index in [9.17, 15) is 0 Å². The van der Waals surface area contributed by atoms with Crippen LogP contribution in [0.15, 0.2) is 18.2 Å². The van der Waals surface area contributed by atoms with Crippen molar-refractivity contribution < 1.29 is 9.47 Å². The van der Waals surface area contributed by atoms with Crippen molar-refractivity contribution in [3.8, 4) is 5.75 Å². The second kappa shape index (κ2) is 5.59. The topological polar surface area (TPSA) is 18.5 Å². The van der Waals surface area contributed by atoms with Crippen molar-refractivity contribution in [1.29, 1.82) is 0 Å². The van der Waals surface area contributed by atoms with Crippen LogP contribution in [0, 0.1) is 5.92 Å². The summed E-state index contributed by atoms with van der Waals surface area (Å²) in [6.07, 6.45) is 1.29. The molecule has 1 aliphatic heterocycles. The largest absolute Gasteiger partial charge is 0.496 e. The molecule has 0 radical (unpaired) electrons. The molecule has 0 amide bonds. The van der Waals surface area contributed by atoms with Crippen molar-refractivity contribution in [3.05, 3.63) is 28.8 Å². The van der Waals surface area contributed by atoms with Gasteiger partial charge in [-0.15, -0.1) is 0 Å². The van der Waals surface area contributed by atoms with E-state index in [0.717, 1.165) is 29.4 Å². The highest BCUT2D eigenvalue weighted by Gasteiger charge is 2.32. The van der Waals surface area contributed by atoms with Gasteiger partial charge in [-0.25, -0.2) is 0 Å². The van der Waals surface area contributed by atoms with Crippen molar-refractivity contribution in [2.45, 2.75) is 24.3 Å². The zero-order valence-corrected chi connectivity index (χ0v) is 12.3. The van der Waals surface area contributed by atoms with Crippen LogP contribution in [0.3, 0.4) is 0 Å². The number of ether oxygens (including phenoxy) is 2. The maximum absolute atomic E-state index is 6.04. The summed E-state index contributed by atoms with van der Waals surface area (Å²) in [6.45, 7) is 3.04. The molecule has 1 saturated heterocycles. The lowest BCUT2D eigenvalue weighted by Crippen LogP contribution is -2.19. The van der Waals surface area contributed by atoms with Crippen LogP contribution in [0.5, 0.6) is 5.75 Å². The van der Waals surface area contributed by atoms with E-state index in [4.69, 9.17) is 21.1 Å². The van der Waals surface area contributed by atoms with Gasteiger partial charge in [0.1, 0.15) is 5.75 Å². The molecule has 1 aromatic carbocycles. The summed E-state index contributed by atoms with van der Waals surface area (Å²) in [7, 11) is 1.67. The standard InChI is InChI=1S/C13H16BrClO2/c1-8-5-6-17-13(8)12(14)10-7-9(15)3-4-11(10)16-2/h3-4,7-8,12-13H,5-6H2,1-2H3. The monoisotopic (exact) mass is 318 g/mol. The van der Waals surface area contributed by atoms with Crippen LogP contribution < -0.4 is 4.74 Å². The summed E-state index contributed by atoms with van der Waals surface area (Å²) in [6, 6.07) is 5.67. The summed E-state index contributed by atoms with van der Waals surface area (Å²) in [5, 5.41) is 0.718. The van der Waals surface area contributed by atoms with Gasteiger partial charge in [0.2, 0.25) is 0 Å². The van der Waals surface area contributed by atoms with E-state index in [0.29, 0.717) is 5.92 Å². The Morgan fingerprint density at radius 3 is 2.88 bits per heavy atom. The van der Waals surface area contributed by atoms with E-state index in [1.54, 1.807) is 7.11 Å². The maximum atomic E-state index is 6.04. The molecule has 0 aromatic heterocycles. The molecule has 1 aliphatic rings. The number of hydrogen-bond acceptors (Lipinski definition) is 2. The van der Waals surface area contributed by atoms with Crippen molar-refractivity contribution in [2.75, 3.05) is 13.7 Å². The molecule has 1 heterocycles. The van der Waals surface area contributed by atoms with Gasteiger partial charge in [-0.05, 0) is 30.5 Å². The molecule has 2 nitrogen and oxygen atoms in total. The van der Waals surface area contributed by atoms with Gasteiger partial charge in [0.25, 0.3) is 0 Å². The minimum absolute atomic E-state index is 0.119. The minimum Gasteiger partial charge on any atom is -0.496 e. The predicted molar refractivity (Wildman–Crippen MR) is 73.2 cm³/mol. The van der Waals surface area contributed by atoms with Gasteiger partial charge in [-0.2, -0.15) is 0 Å². The highest BCUT2D eigenvalue weighted by Crippen LogP contribution is 2.41. The first-order chi connectivity index (χ1) is 8.13. The van der Waals surface area contributed by atoms with Crippen molar-refractivity contribution in [3.63, 3.8) is 0 Å². The first-order valence-electron chi connectivity index (χ1n) is 5.72. The van der Waals surface area contributed by atoms with Gasteiger partial charge >= 0.3 is 0 Å². The molecule has 0 saturated carbocycles. The molecule has 17 heavy (non-hydrogen) atoms. The maximum Gasteiger partial charge on any atom is 0.123 e. The van der Waals surface area contributed by atoms with E-state index < -0.39 is 0 Å². The number of alkyl halides is 1. The highest BCUT2D eigenvalue weighted by molar-refractivity contribution is 9.09. The molecule has 1 fully saturated rings. The Hall–Kier alpha value is -0.250. The lowest BCUT2D eigenvalue weighted by atomic mass is 9.97. The summed E-state index contributed by atoms with van der Waals surface area (Å²) >= 11 is 9.76. The molecule has 0 spiro atoms. The first-order valence-corrected chi connectivity index (χ1v) is 7.02. The van der Waals surface area contributed by atoms with E-state index in [1.165, 1.54) is 0 Å². The smallest absolute Gasteiger partial charge is 0.123 e. The fraction of sp³-hybridized carbons (Fsp3) is 0.538. The van der Waals surface area contributed by atoms with E-state index >= 15 is 0 Å². The first kappa shape index (κ1) is 13.2. The number of hydrogen-bond donors (Lipinski definition) is 0. The third kappa shape index (κ3) is 2.78. The quantitative estimate of drug-likeness (QED) is 0.777. The SMILES string of the molecule is COc1ccc(Cl)cc1C(Br)C1OCCC1C.